The first-order chi connectivity index (χ1) is 9.95. The van der Waals surface area contributed by atoms with Crippen molar-refractivity contribution in [3.05, 3.63) is 33.3 Å². The van der Waals surface area contributed by atoms with E-state index in [0.717, 1.165) is 17.4 Å². The summed E-state index contributed by atoms with van der Waals surface area (Å²) in [5, 5.41) is 0.606. The van der Waals surface area contributed by atoms with Gasteiger partial charge in [0.2, 0.25) is 0 Å². The first kappa shape index (κ1) is 18.4. The molecule has 0 aromatic heterocycles. The molecule has 0 saturated carbocycles. The number of hydrogen-bond donors (Lipinski definition) is 0. The molecule has 0 aliphatic rings. The topological polar surface area (TPSA) is 32.8 Å². The van der Waals surface area contributed by atoms with Gasteiger partial charge in [0.25, 0.3) is 5.91 Å². The van der Waals surface area contributed by atoms with Crippen LogP contribution < -0.4 is 0 Å². The first-order valence-electron chi connectivity index (χ1n) is 6.83. The zero-order valence-corrected chi connectivity index (χ0v) is 15.1. The second kappa shape index (κ2) is 9.41. The summed E-state index contributed by atoms with van der Waals surface area (Å²) in [5.41, 5.74) is 0.625. The predicted molar refractivity (Wildman–Crippen MR) is 90.1 cm³/mol. The van der Waals surface area contributed by atoms with Crippen molar-refractivity contribution < 1.29 is 9.53 Å². The third kappa shape index (κ3) is 6.34. The van der Waals surface area contributed by atoms with E-state index in [4.69, 9.17) is 16.3 Å². The Balaban J connectivity index is 2.77. The first-order valence-corrected chi connectivity index (χ1v) is 8.00. The lowest BCUT2D eigenvalue weighted by atomic mass is 10.2. The van der Waals surface area contributed by atoms with Crippen LogP contribution in [0.5, 0.6) is 0 Å². The normalized spacial score (nSPS) is 11.0. The number of halogens is 2. The minimum absolute atomic E-state index is 0.00523. The average Bonchev–Trinajstić information content (AvgIpc) is 2.41. The molecule has 0 bridgehead atoms. The molecule has 118 valence electrons. The number of methoxy groups -OCH3 is 1. The van der Waals surface area contributed by atoms with Gasteiger partial charge in [0.05, 0.1) is 12.2 Å². The van der Waals surface area contributed by atoms with Gasteiger partial charge in [-0.1, -0.05) is 11.6 Å². The third-order valence-corrected chi connectivity index (χ3v) is 3.94. The van der Waals surface area contributed by atoms with Crippen molar-refractivity contribution in [3.8, 4) is 0 Å². The molecule has 21 heavy (non-hydrogen) atoms. The van der Waals surface area contributed by atoms with Crippen LogP contribution in [0, 0.1) is 0 Å². The van der Waals surface area contributed by atoms with Gasteiger partial charge >= 0.3 is 0 Å². The summed E-state index contributed by atoms with van der Waals surface area (Å²) < 4.78 is 5.82. The average molecular weight is 378 g/mol. The molecular weight excluding hydrogens is 356 g/mol. The van der Waals surface area contributed by atoms with Crippen LogP contribution in [0.4, 0.5) is 0 Å². The Morgan fingerprint density at radius 2 is 2.00 bits per heavy atom. The number of ether oxygens (including phenoxy) is 1. The minimum Gasteiger partial charge on any atom is -0.383 e. The monoisotopic (exact) mass is 376 g/mol. The molecule has 0 spiro atoms. The van der Waals surface area contributed by atoms with Crippen LogP contribution in [-0.4, -0.2) is 63.2 Å². The Labute approximate surface area is 140 Å². The van der Waals surface area contributed by atoms with Crippen LogP contribution in [0.15, 0.2) is 22.7 Å². The van der Waals surface area contributed by atoms with Gasteiger partial charge in [-0.3, -0.25) is 4.79 Å². The molecule has 0 fully saturated rings. The molecule has 6 heteroatoms. The number of carbonyl (C=O) groups is 1. The molecule has 0 N–H and O–H groups in total. The molecule has 0 unspecified atom stereocenters. The van der Waals surface area contributed by atoms with Gasteiger partial charge in [-0.15, -0.1) is 0 Å². The summed E-state index contributed by atoms with van der Waals surface area (Å²) in [6.07, 6.45) is 0.924. The minimum atomic E-state index is -0.00523. The molecule has 0 heterocycles. The molecule has 1 rings (SSSR count). The molecule has 1 aromatic rings. The van der Waals surface area contributed by atoms with Crippen molar-refractivity contribution >= 4 is 33.4 Å². The number of amides is 1. The van der Waals surface area contributed by atoms with E-state index in [9.17, 15) is 4.79 Å². The van der Waals surface area contributed by atoms with Crippen LogP contribution >= 0.6 is 27.5 Å². The summed E-state index contributed by atoms with van der Waals surface area (Å²) in [7, 11) is 5.69. The lowest BCUT2D eigenvalue weighted by molar-refractivity contribution is 0.0688. The van der Waals surface area contributed by atoms with Crippen molar-refractivity contribution in [2.24, 2.45) is 0 Å². The molecular formula is C15H22BrClN2O2. The highest BCUT2D eigenvalue weighted by molar-refractivity contribution is 9.10. The lowest BCUT2D eigenvalue weighted by Crippen LogP contribution is -2.36. The van der Waals surface area contributed by atoms with Crippen molar-refractivity contribution in [2.45, 2.75) is 6.42 Å². The van der Waals surface area contributed by atoms with E-state index < -0.39 is 0 Å². The van der Waals surface area contributed by atoms with Crippen LogP contribution in [0.2, 0.25) is 5.02 Å². The fraction of sp³-hybridized carbons (Fsp3) is 0.533. The second-order valence-corrected chi connectivity index (χ2v) is 6.36. The Bertz CT molecular complexity index is 469. The predicted octanol–water partition coefficient (Wildman–Crippen LogP) is 3.14. The maximum absolute atomic E-state index is 12.6. The highest BCUT2D eigenvalue weighted by Crippen LogP contribution is 2.23. The lowest BCUT2D eigenvalue weighted by Gasteiger charge is -2.24. The SMILES string of the molecule is COCCN(CCCN(C)C)C(=O)c1ccc(Cl)cc1Br. The molecule has 4 nitrogen and oxygen atoms in total. The van der Waals surface area contributed by atoms with E-state index in [2.05, 4.69) is 20.8 Å². The van der Waals surface area contributed by atoms with Gasteiger partial charge < -0.3 is 14.5 Å². The Morgan fingerprint density at radius 3 is 2.57 bits per heavy atom. The van der Waals surface area contributed by atoms with Gasteiger partial charge in [0.1, 0.15) is 0 Å². The van der Waals surface area contributed by atoms with Gasteiger partial charge in [-0.05, 0) is 61.2 Å². The molecule has 0 atom stereocenters. The van der Waals surface area contributed by atoms with E-state index in [1.54, 1.807) is 25.3 Å². The molecule has 0 saturated heterocycles. The van der Waals surface area contributed by atoms with Crippen LogP contribution in [0.3, 0.4) is 0 Å². The van der Waals surface area contributed by atoms with Gasteiger partial charge in [0, 0.05) is 29.7 Å². The van der Waals surface area contributed by atoms with Gasteiger partial charge in [-0.2, -0.15) is 0 Å². The Morgan fingerprint density at radius 1 is 1.29 bits per heavy atom. The van der Waals surface area contributed by atoms with Crippen molar-refractivity contribution in [2.75, 3.05) is 47.4 Å². The summed E-state index contributed by atoms with van der Waals surface area (Å²) in [4.78, 5) is 16.6. The fourth-order valence-corrected chi connectivity index (χ4v) is 2.78. The summed E-state index contributed by atoms with van der Waals surface area (Å²) in [6.45, 7) is 2.75. The summed E-state index contributed by atoms with van der Waals surface area (Å²) in [6, 6.07) is 5.22. The molecule has 0 aliphatic heterocycles. The van der Waals surface area contributed by atoms with E-state index in [1.807, 2.05) is 19.0 Å². The molecule has 1 aromatic carbocycles. The van der Waals surface area contributed by atoms with Crippen molar-refractivity contribution in [3.63, 3.8) is 0 Å². The van der Waals surface area contributed by atoms with Crippen LogP contribution in [-0.2, 0) is 4.74 Å². The maximum Gasteiger partial charge on any atom is 0.255 e. The number of nitrogens with zero attached hydrogens (tertiary/aromatic N) is 2. The van der Waals surface area contributed by atoms with E-state index in [-0.39, 0.29) is 5.91 Å². The number of carbonyl (C=O) groups excluding carboxylic acids is 1. The number of hydrogen-bond acceptors (Lipinski definition) is 3. The molecule has 0 aliphatic carbocycles. The van der Waals surface area contributed by atoms with E-state index >= 15 is 0 Å². The molecule has 1 amide bonds. The van der Waals surface area contributed by atoms with E-state index in [1.165, 1.54) is 0 Å². The van der Waals surface area contributed by atoms with E-state index in [0.29, 0.717) is 30.3 Å². The highest BCUT2D eigenvalue weighted by atomic mass is 79.9. The standard InChI is InChI=1S/C15H22BrClN2O2/c1-18(2)7-4-8-19(9-10-21-3)15(20)13-6-5-12(17)11-14(13)16/h5-6,11H,4,7-10H2,1-3H3. The number of rotatable bonds is 8. The van der Waals surface area contributed by atoms with Gasteiger partial charge in [-0.25, -0.2) is 0 Å². The zero-order chi connectivity index (χ0) is 15.8. The summed E-state index contributed by atoms with van der Waals surface area (Å²) >= 11 is 9.33. The third-order valence-electron chi connectivity index (χ3n) is 3.05. The zero-order valence-electron chi connectivity index (χ0n) is 12.7. The largest absolute Gasteiger partial charge is 0.383 e. The fourth-order valence-electron chi connectivity index (χ4n) is 1.93. The maximum atomic E-state index is 12.6. The Hall–Kier alpha value is -0.620. The Kier molecular flexibility index (Phi) is 8.26. The quantitative estimate of drug-likeness (QED) is 0.698. The van der Waals surface area contributed by atoms with Crippen molar-refractivity contribution in [1.82, 2.24) is 9.80 Å². The van der Waals surface area contributed by atoms with Gasteiger partial charge in [0.15, 0.2) is 0 Å². The van der Waals surface area contributed by atoms with Crippen LogP contribution in [0.25, 0.3) is 0 Å². The number of benzene rings is 1. The van der Waals surface area contributed by atoms with Crippen LogP contribution in [0.1, 0.15) is 16.8 Å². The summed E-state index contributed by atoms with van der Waals surface area (Å²) in [5.74, 6) is -0.00523. The smallest absolute Gasteiger partial charge is 0.255 e. The molecule has 0 radical (unpaired) electrons. The second-order valence-electron chi connectivity index (χ2n) is 5.07. The van der Waals surface area contributed by atoms with Crippen molar-refractivity contribution in [1.29, 1.82) is 0 Å². The highest BCUT2D eigenvalue weighted by Gasteiger charge is 2.18.